The number of carbonyl (C=O) groups is 1. The number of para-hydroxylation sites is 1. The van der Waals surface area contributed by atoms with Crippen LogP contribution >= 0.6 is 11.6 Å². The van der Waals surface area contributed by atoms with Gasteiger partial charge < -0.3 is 4.74 Å². The summed E-state index contributed by atoms with van der Waals surface area (Å²) in [6.45, 7) is 0.502. The zero-order chi connectivity index (χ0) is 14.1. The molecule has 1 aliphatic heterocycles. The molecule has 2 nitrogen and oxygen atoms in total. The van der Waals surface area contributed by atoms with Gasteiger partial charge in [0.05, 0.1) is 17.5 Å². The van der Waals surface area contributed by atoms with Crippen LogP contribution in [-0.2, 0) is 0 Å². The molecule has 1 aliphatic rings. The number of rotatable bonds is 2. The molecule has 0 saturated carbocycles. The number of Topliss-reactive ketones (excluding diaryl/α,β-unsaturated/α-hetero) is 1. The zero-order valence-electron chi connectivity index (χ0n) is 10.6. The minimum Gasteiger partial charge on any atom is -0.493 e. The molecule has 102 valence electrons. The van der Waals surface area contributed by atoms with Crippen LogP contribution in [0, 0.1) is 5.82 Å². The Kier molecular flexibility index (Phi) is 3.45. The quantitative estimate of drug-likeness (QED) is 0.774. The molecule has 0 amide bonds. The molecule has 2 aromatic rings. The maximum Gasteiger partial charge on any atom is 0.170 e. The third-order valence-corrected chi connectivity index (χ3v) is 3.77. The van der Waals surface area contributed by atoms with Crippen LogP contribution in [-0.4, -0.2) is 12.4 Å². The summed E-state index contributed by atoms with van der Waals surface area (Å²) < 4.78 is 18.7. The molecule has 1 heterocycles. The second kappa shape index (κ2) is 5.25. The van der Waals surface area contributed by atoms with Crippen molar-refractivity contribution >= 4 is 17.4 Å². The predicted octanol–water partition coefficient (Wildman–Crippen LogP) is 4.23. The number of fused-ring (bicyclic) bond motifs is 1. The van der Waals surface area contributed by atoms with Crippen LogP contribution in [0.3, 0.4) is 0 Å². The fraction of sp³-hybridized carbons (Fsp3) is 0.188. The second-order valence-corrected chi connectivity index (χ2v) is 5.13. The summed E-state index contributed by atoms with van der Waals surface area (Å²) in [5.74, 6) is -0.0926. The van der Waals surface area contributed by atoms with Crippen molar-refractivity contribution in [3.8, 4) is 5.75 Å². The third kappa shape index (κ3) is 2.29. The molecule has 0 saturated heterocycles. The van der Waals surface area contributed by atoms with Gasteiger partial charge in [0, 0.05) is 11.1 Å². The highest BCUT2D eigenvalue weighted by molar-refractivity contribution is 6.31. The van der Waals surface area contributed by atoms with Crippen LogP contribution in [0.15, 0.2) is 42.5 Å². The standard InChI is InChI=1S/C16H12ClFO2/c17-13-9-10(5-6-14(13)18)16(19)12-7-8-20-15-4-2-1-3-11(12)15/h1-6,9,12H,7-8H2. The first-order chi connectivity index (χ1) is 9.66. The predicted molar refractivity (Wildman–Crippen MR) is 75.0 cm³/mol. The van der Waals surface area contributed by atoms with Gasteiger partial charge in [-0.1, -0.05) is 29.8 Å². The second-order valence-electron chi connectivity index (χ2n) is 4.72. The lowest BCUT2D eigenvalue weighted by Gasteiger charge is -2.24. The monoisotopic (exact) mass is 290 g/mol. The molecule has 2 aromatic carbocycles. The summed E-state index contributed by atoms with van der Waals surface area (Å²) in [5, 5.41) is -0.0313. The number of benzene rings is 2. The minimum atomic E-state index is -0.518. The molecule has 0 N–H and O–H groups in total. The summed E-state index contributed by atoms with van der Waals surface area (Å²) in [7, 11) is 0. The van der Waals surface area contributed by atoms with Crippen LogP contribution in [0.1, 0.15) is 28.3 Å². The highest BCUT2D eigenvalue weighted by Crippen LogP contribution is 2.35. The molecular weight excluding hydrogens is 279 g/mol. The lowest BCUT2D eigenvalue weighted by molar-refractivity contribution is 0.0933. The Morgan fingerprint density at radius 2 is 2.05 bits per heavy atom. The van der Waals surface area contributed by atoms with Crippen molar-refractivity contribution in [2.75, 3.05) is 6.61 Å². The summed E-state index contributed by atoms with van der Waals surface area (Å²) >= 11 is 5.75. The molecular formula is C16H12ClFO2. The average Bonchev–Trinajstić information content (AvgIpc) is 2.49. The summed E-state index contributed by atoms with van der Waals surface area (Å²) in [6.07, 6.45) is 0.616. The average molecular weight is 291 g/mol. The maximum atomic E-state index is 13.2. The van der Waals surface area contributed by atoms with E-state index in [1.54, 1.807) is 0 Å². The number of ether oxygens (including phenoxy) is 1. The molecule has 0 aromatic heterocycles. The van der Waals surface area contributed by atoms with Gasteiger partial charge >= 0.3 is 0 Å². The highest BCUT2D eigenvalue weighted by Gasteiger charge is 2.28. The van der Waals surface area contributed by atoms with E-state index in [1.807, 2.05) is 24.3 Å². The normalized spacial score (nSPS) is 17.2. The van der Waals surface area contributed by atoms with E-state index in [1.165, 1.54) is 18.2 Å². The van der Waals surface area contributed by atoms with E-state index in [9.17, 15) is 9.18 Å². The Hall–Kier alpha value is -1.87. The summed E-state index contributed by atoms with van der Waals surface area (Å²) in [6, 6.07) is 11.6. The third-order valence-electron chi connectivity index (χ3n) is 3.48. The maximum absolute atomic E-state index is 13.2. The van der Waals surface area contributed by atoms with E-state index in [0.717, 1.165) is 11.3 Å². The number of carbonyl (C=O) groups excluding carboxylic acids is 1. The van der Waals surface area contributed by atoms with Crippen LogP contribution in [0.25, 0.3) is 0 Å². The van der Waals surface area contributed by atoms with Gasteiger partial charge in [0.1, 0.15) is 11.6 Å². The van der Waals surface area contributed by atoms with Crippen molar-refractivity contribution in [1.29, 1.82) is 0 Å². The minimum absolute atomic E-state index is 0.0313. The van der Waals surface area contributed by atoms with Crippen LogP contribution in [0.5, 0.6) is 5.75 Å². The fourth-order valence-corrected chi connectivity index (χ4v) is 2.65. The molecule has 0 radical (unpaired) electrons. The van der Waals surface area contributed by atoms with Crippen LogP contribution < -0.4 is 4.74 Å². The van der Waals surface area contributed by atoms with E-state index >= 15 is 0 Å². The first kappa shape index (κ1) is 13.1. The number of hydrogen-bond acceptors (Lipinski definition) is 2. The molecule has 0 fully saturated rings. The van der Waals surface area contributed by atoms with Crippen LogP contribution in [0.4, 0.5) is 4.39 Å². The van der Waals surface area contributed by atoms with E-state index in [2.05, 4.69) is 0 Å². The van der Waals surface area contributed by atoms with Gasteiger partial charge in [-0.2, -0.15) is 0 Å². The molecule has 3 rings (SSSR count). The van der Waals surface area contributed by atoms with Crippen LogP contribution in [0.2, 0.25) is 5.02 Å². The van der Waals surface area contributed by atoms with Gasteiger partial charge in [0.2, 0.25) is 0 Å². The van der Waals surface area contributed by atoms with E-state index < -0.39 is 5.82 Å². The van der Waals surface area contributed by atoms with Crippen molar-refractivity contribution < 1.29 is 13.9 Å². The van der Waals surface area contributed by atoms with E-state index in [-0.39, 0.29) is 16.7 Å². The van der Waals surface area contributed by atoms with Crippen molar-refractivity contribution in [3.05, 3.63) is 64.4 Å². The SMILES string of the molecule is O=C(c1ccc(F)c(Cl)c1)C1CCOc2ccccc21. The zero-order valence-corrected chi connectivity index (χ0v) is 11.4. The highest BCUT2D eigenvalue weighted by atomic mass is 35.5. The number of ketones is 1. The van der Waals surface area contributed by atoms with Gasteiger partial charge in [-0.15, -0.1) is 0 Å². The van der Waals surface area contributed by atoms with Gasteiger partial charge in [-0.05, 0) is 30.7 Å². The van der Waals surface area contributed by atoms with Gasteiger partial charge in [-0.3, -0.25) is 4.79 Å². The molecule has 1 atom stereocenters. The number of hydrogen-bond donors (Lipinski definition) is 0. The molecule has 0 spiro atoms. The lowest BCUT2D eigenvalue weighted by Crippen LogP contribution is -2.21. The van der Waals surface area contributed by atoms with E-state index in [0.29, 0.717) is 18.6 Å². The Morgan fingerprint density at radius 1 is 1.25 bits per heavy atom. The van der Waals surface area contributed by atoms with Gasteiger partial charge in [0.25, 0.3) is 0 Å². The van der Waals surface area contributed by atoms with E-state index in [4.69, 9.17) is 16.3 Å². The Bertz CT molecular complexity index is 669. The van der Waals surface area contributed by atoms with Crippen molar-refractivity contribution in [2.24, 2.45) is 0 Å². The summed E-state index contributed by atoms with van der Waals surface area (Å²) in [4.78, 5) is 12.6. The topological polar surface area (TPSA) is 26.3 Å². The molecule has 4 heteroatoms. The van der Waals surface area contributed by atoms with Crippen molar-refractivity contribution in [2.45, 2.75) is 12.3 Å². The van der Waals surface area contributed by atoms with Gasteiger partial charge in [0.15, 0.2) is 5.78 Å². The first-order valence-electron chi connectivity index (χ1n) is 6.38. The Labute approximate surface area is 121 Å². The summed E-state index contributed by atoms with van der Waals surface area (Å²) in [5.41, 5.74) is 1.31. The molecule has 0 aliphatic carbocycles. The molecule has 0 bridgehead atoms. The largest absolute Gasteiger partial charge is 0.493 e. The van der Waals surface area contributed by atoms with Crippen molar-refractivity contribution in [1.82, 2.24) is 0 Å². The number of halogens is 2. The molecule has 1 unspecified atom stereocenters. The first-order valence-corrected chi connectivity index (χ1v) is 6.75. The Balaban J connectivity index is 1.97. The smallest absolute Gasteiger partial charge is 0.170 e. The Morgan fingerprint density at radius 3 is 2.85 bits per heavy atom. The van der Waals surface area contributed by atoms with Crippen molar-refractivity contribution in [3.63, 3.8) is 0 Å². The lowest BCUT2D eigenvalue weighted by atomic mass is 9.86. The molecule has 20 heavy (non-hydrogen) atoms. The van der Waals surface area contributed by atoms with Gasteiger partial charge in [-0.25, -0.2) is 4.39 Å². The fourth-order valence-electron chi connectivity index (χ4n) is 2.47.